The third-order valence-electron chi connectivity index (χ3n) is 5.05. The molecule has 1 amide bonds. The number of anilines is 3. The Balaban J connectivity index is 1.68. The lowest BCUT2D eigenvalue weighted by atomic mass is 9.94. The minimum atomic E-state index is -0.416. The monoisotopic (exact) mass is 371 g/mol. The lowest BCUT2D eigenvalue weighted by molar-refractivity contribution is 0.102. The summed E-state index contributed by atoms with van der Waals surface area (Å²) in [6.07, 6.45) is 5.83. The zero-order chi connectivity index (χ0) is 19.4. The molecule has 1 aromatic heterocycles. The molecule has 0 radical (unpaired) electrons. The van der Waals surface area contributed by atoms with Crippen LogP contribution in [0.4, 0.5) is 21.6 Å². The molecule has 7 heteroatoms. The molecule has 1 aliphatic rings. The van der Waals surface area contributed by atoms with Gasteiger partial charge in [-0.15, -0.1) is 10.2 Å². The summed E-state index contributed by atoms with van der Waals surface area (Å²) >= 11 is 0. The van der Waals surface area contributed by atoms with E-state index in [1.54, 1.807) is 29.2 Å². The smallest absolute Gasteiger partial charge is 0.276 e. The number of nitrogens with zero attached hydrogens (tertiary/aromatic N) is 4. The predicted molar refractivity (Wildman–Crippen MR) is 106 cm³/mol. The lowest BCUT2D eigenvalue weighted by Crippen LogP contribution is -2.33. The van der Waals surface area contributed by atoms with Crippen LogP contribution in [0.15, 0.2) is 30.3 Å². The molecule has 1 N–H and O–H groups in total. The average molecular weight is 371 g/mol. The fourth-order valence-corrected chi connectivity index (χ4v) is 3.42. The van der Waals surface area contributed by atoms with Crippen molar-refractivity contribution in [2.75, 3.05) is 36.3 Å². The summed E-state index contributed by atoms with van der Waals surface area (Å²) in [5.74, 6) is -0.0943. The molecule has 0 unspecified atom stereocenters. The van der Waals surface area contributed by atoms with E-state index in [1.165, 1.54) is 25.3 Å². The largest absolute Gasteiger partial charge is 0.369 e. The van der Waals surface area contributed by atoms with Gasteiger partial charge in [0.25, 0.3) is 5.91 Å². The first-order valence-corrected chi connectivity index (χ1v) is 9.30. The topological polar surface area (TPSA) is 61.4 Å². The van der Waals surface area contributed by atoms with Crippen LogP contribution < -0.4 is 15.1 Å². The Hall–Kier alpha value is -2.70. The van der Waals surface area contributed by atoms with Gasteiger partial charge in [-0.25, -0.2) is 4.39 Å². The third kappa shape index (κ3) is 4.53. The summed E-state index contributed by atoms with van der Waals surface area (Å²) in [6.45, 7) is 0. The van der Waals surface area contributed by atoms with Gasteiger partial charge in [-0.2, -0.15) is 0 Å². The molecule has 0 saturated heterocycles. The summed E-state index contributed by atoms with van der Waals surface area (Å²) in [6, 6.07) is 8.48. The second-order valence-corrected chi connectivity index (χ2v) is 7.19. The highest BCUT2D eigenvalue weighted by molar-refractivity contribution is 6.02. The molecule has 0 bridgehead atoms. The van der Waals surface area contributed by atoms with E-state index in [9.17, 15) is 9.18 Å². The molecule has 1 fully saturated rings. The van der Waals surface area contributed by atoms with Crippen LogP contribution in [-0.4, -0.2) is 43.3 Å². The van der Waals surface area contributed by atoms with E-state index in [-0.39, 0.29) is 11.5 Å². The molecule has 2 aromatic rings. The SMILES string of the molecule is CN(C)c1ccc(C(=O)Nc2ccc(N(C)C3CCCCC3)c(F)c2)nn1. The predicted octanol–water partition coefficient (Wildman–Crippen LogP) is 3.70. The summed E-state index contributed by atoms with van der Waals surface area (Å²) in [4.78, 5) is 16.1. The number of carbonyl (C=O) groups is 1. The van der Waals surface area contributed by atoms with Crippen molar-refractivity contribution in [3.8, 4) is 0 Å². The van der Waals surface area contributed by atoms with Crippen molar-refractivity contribution in [2.24, 2.45) is 0 Å². The maximum absolute atomic E-state index is 14.6. The number of hydrogen-bond donors (Lipinski definition) is 1. The maximum atomic E-state index is 14.6. The van der Waals surface area contributed by atoms with E-state index in [0.717, 1.165) is 12.8 Å². The minimum absolute atomic E-state index is 0.185. The first-order chi connectivity index (χ1) is 13.0. The van der Waals surface area contributed by atoms with Gasteiger partial charge in [0, 0.05) is 32.9 Å². The van der Waals surface area contributed by atoms with Gasteiger partial charge >= 0.3 is 0 Å². The van der Waals surface area contributed by atoms with Crippen molar-refractivity contribution in [2.45, 2.75) is 38.1 Å². The summed E-state index contributed by atoms with van der Waals surface area (Å²) in [5.41, 5.74) is 1.15. The van der Waals surface area contributed by atoms with Crippen LogP contribution in [0.3, 0.4) is 0 Å². The Kier molecular flexibility index (Phi) is 5.88. The Bertz CT molecular complexity index is 787. The molecule has 1 saturated carbocycles. The van der Waals surface area contributed by atoms with E-state index in [2.05, 4.69) is 15.5 Å². The van der Waals surface area contributed by atoms with Crippen LogP contribution in [0, 0.1) is 5.82 Å². The van der Waals surface area contributed by atoms with Crippen molar-refractivity contribution >= 4 is 23.1 Å². The van der Waals surface area contributed by atoms with Gasteiger partial charge < -0.3 is 15.1 Å². The standard InChI is InChI=1S/C20H26FN5O/c1-25(2)19-12-10-17(23-24-19)20(27)22-14-9-11-18(16(21)13-14)26(3)15-7-5-4-6-8-15/h9-13,15H,4-8H2,1-3H3,(H,22,27). The van der Waals surface area contributed by atoms with Gasteiger partial charge in [0.05, 0.1) is 5.69 Å². The quantitative estimate of drug-likeness (QED) is 0.868. The summed E-state index contributed by atoms with van der Waals surface area (Å²) < 4.78 is 14.6. The Morgan fingerprint density at radius 1 is 1.07 bits per heavy atom. The van der Waals surface area contributed by atoms with E-state index < -0.39 is 5.91 Å². The minimum Gasteiger partial charge on any atom is -0.369 e. The zero-order valence-corrected chi connectivity index (χ0v) is 16.1. The molecule has 144 valence electrons. The van der Waals surface area contributed by atoms with Crippen molar-refractivity contribution in [3.63, 3.8) is 0 Å². The maximum Gasteiger partial charge on any atom is 0.276 e. The first-order valence-electron chi connectivity index (χ1n) is 9.30. The Morgan fingerprint density at radius 2 is 1.81 bits per heavy atom. The zero-order valence-electron chi connectivity index (χ0n) is 16.1. The summed E-state index contributed by atoms with van der Waals surface area (Å²) in [5, 5.41) is 10.6. The molecular formula is C20H26FN5O. The van der Waals surface area contributed by atoms with E-state index >= 15 is 0 Å². The number of nitrogens with one attached hydrogen (secondary N) is 1. The lowest BCUT2D eigenvalue weighted by Gasteiger charge is -2.33. The molecule has 1 heterocycles. The van der Waals surface area contributed by atoms with Crippen LogP contribution in [0.1, 0.15) is 42.6 Å². The second-order valence-electron chi connectivity index (χ2n) is 7.19. The molecule has 0 aliphatic heterocycles. The number of benzene rings is 1. The molecule has 0 atom stereocenters. The van der Waals surface area contributed by atoms with Crippen molar-refractivity contribution in [1.29, 1.82) is 0 Å². The molecule has 27 heavy (non-hydrogen) atoms. The van der Waals surface area contributed by atoms with Crippen molar-refractivity contribution in [3.05, 3.63) is 41.8 Å². The van der Waals surface area contributed by atoms with Gasteiger partial charge in [-0.1, -0.05) is 19.3 Å². The van der Waals surface area contributed by atoms with Gasteiger partial charge in [-0.05, 0) is 43.2 Å². The molecule has 6 nitrogen and oxygen atoms in total. The first kappa shape index (κ1) is 19.1. The van der Waals surface area contributed by atoms with Gasteiger partial charge in [0.1, 0.15) is 5.82 Å². The molecular weight excluding hydrogens is 345 g/mol. The van der Waals surface area contributed by atoms with Gasteiger partial charge in [-0.3, -0.25) is 4.79 Å². The van der Waals surface area contributed by atoms with Crippen molar-refractivity contribution < 1.29 is 9.18 Å². The highest BCUT2D eigenvalue weighted by Gasteiger charge is 2.21. The fraction of sp³-hybridized carbons (Fsp3) is 0.450. The highest BCUT2D eigenvalue weighted by atomic mass is 19.1. The number of aromatic nitrogens is 2. The van der Waals surface area contributed by atoms with Crippen molar-refractivity contribution in [1.82, 2.24) is 10.2 Å². The van der Waals surface area contributed by atoms with Crippen LogP contribution in [-0.2, 0) is 0 Å². The molecule has 3 rings (SSSR count). The average Bonchev–Trinajstić information content (AvgIpc) is 2.68. The fourth-order valence-electron chi connectivity index (χ4n) is 3.42. The molecule has 0 spiro atoms. The van der Waals surface area contributed by atoms with E-state index in [0.29, 0.717) is 23.2 Å². The van der Waals surface area contributed by atoms with Crippen LogP contribution in [0.5, 0.6) is 0 Å². The third-order valence-corrected chi connectivity index (χ3v) is 5.05. The van der Waals surface area contributed by atoms with Crippen LogP contribution in [0.25, 0.3) is 0 Å². The number of carbonyl (C=O) groups excluding carboxylic acids is 1. The second kappa shape index (κ2) is 8.33. The number of rotatable bonds is 5. The Morgan fingerprint density at radius 3 is 2.41 bits per heavy atom. The molecule has 1 aromatic carbocycles. The van der Waals surface area contributed by atoms with Gasteiger partial charge in [0.2, 0.25) is 0 Å². The normalized spacial score (nSPS) is 14.7. The number of halogens is 1. The summed E-state index contributed by atoms with van der Waals surface area (Å²) in [7, 11) is 5.63. The Labute approximate surface area is 159 Å². The van der Waals surface area contributed by atoms with E-state index in [1.807, 2.05) is 26.0 Å². The van der Waals surface area contributed by atoms with Crippen LogP contribution in [0.2, 0.25) is 0 Å². The van der Waals surface area contributed by atoms with Crippen LogP contribution >= 0.6 is 0 Å². The van der Waals surface area contributed by atoms with Gasteiger partial charge in [0.15, 0.2) is 11.5 Å². The van der Waals surface area contributed by atoms with E-state index in [4.69, 9.17) is 0 Å². The number of amides is 1. The number of hydrogen-bond acceptors (Lipinski definition) is 5. The highest BCUT2D eigenvalue weighted by Crippen LogP contribution is 2.29. The molecule has 1 aliphatic carbocycles.